The molecule has 1 aromatic carbocycles. The highest BCUT2D eigenvalue weighted by Crippen LogP contribution is 2.24. The van der Waals surface area contributed by atoms with Gasteiger partial charge in [0.05, 0.1) is 4.47 Å². The van der Waals surface area contributed by atoms with Gasteiger partial charge in [0.15, 0.2) is 11.6 Å². The molecule has 3 nitrogen and oxygen atoms in total. The van der Waals surface area contributed by atoms with Gasteiger partial charge in [0.25, 0.3) is 0 Å². The lowest BCUT2D eigenvalue weighted by atomic mass is 10.1. The maximum absolute atomic E-state index is 13.4. The van der Waals surface area contributed by atoms with Gasteiger partial charge in [-0.05, 0) is 35.1 Å². The molecule has 1 aliphatic rings. The third-order valence-corrected chi connectivity index (χ3v) is 3.89. The monoisotopic (exact) mass is 317 g/mol. The minimum atomic E-state index is -0.939. The lowest BCUT2D eigenvalue weighted by Gasteiger charge is -2.34. The summed E-state index contributed by atoms with van der Waals surface area (Å²) in [5, 5.41) is 8.09. The number of benzene rings is 1. The van der Waals surface area contributed by atoms with E-state index in [1.54, 1.807) is 0 Å². The van der Waals surface area contributed by atoms with Crippen LogP contribution in [0.5, 0.6) is 0 Å². The molecule has 0 atom stereocenters. The highest BCUT2D eigenvalue weighted by molar-refractivity contribution is 9.10. The first-order chi connectivity index (χ1) is 8.50. The standard InChI is InChI=1S/C12H14BrF2N3/c1-17-4-6-18(7-5-17)12(16)8-2-3-9(14)11(15)10(8)13/h2-3,16H,4-7H2,1H3. The number of amidine groups is 1. The number of hydrogen-bond acceptors (Lipinski definition) is 2. The molecular weight excluding hydrogens is 304 g/mol. The average molecular weight is 318 g/mol. The minimum absolute atomic E-state index is 0.0198. The van der Waals surface area contributed by atoms with Gasteiger partial charge >= 0.3 is 0 Å². The van der Waals surface area contributed by atoms with Crippen LogP contribution in [-0.2, 0) is 0 Å². The van der Waals surface area contributed by atoms with Crippen LogP contribution in [0.25, 0.3) is 0 Å². The zero-order valence-electron chi connectivity index (χ0n) is 10.0. The van der Waals surface area contributed by atoms with Gasteiger partial charge in [0, 0.05) is 31.7 Å². The van der Waals surface area contributed by atoms with Crippen LogP contribution in [0.1, 0.15) is 5.56 Å². The maximum Gasteiger partial charge on any atom is 0.173 e. The summed E-state index contributed by atoms with van der Waals surface area (Å²) in [5.41, 5.74) is 0.387. The minimum Gasteiger partial charge on any atom is -0.354 e. The fourth-order valence-corrected chi connectivity index (χ4v) is 2.42. The number of rotatable bonds is 1. The van der Waals surface area contributed by atoms with E-state index in [-0.39, 0.29) is 10.3 Å². The van der Waals surface area contributed by atoms with Crippen molar-refractivity contribution in [2.45, 2.75) is 0 Å². The van der Waals surface area contributed by atoms with Crippen molar-refractivity contribution in [3.8, 4) is 0 Å². The molecule has 0 spiro atoms. The molecule has 1 aliphatic heterocycles. The number of likely N-dealkylation sites (N-methyl/N-ethyl adjacent to an activating group) is 1. The van der Waals surface area contributed by atoms with Crippen LogP contribution in [0, 0.1) is 17.0 Å². The summed E-state index contributed by atoms with van der Waals surface area (Å²) < 4.78 is 26.5. The molecule has 0 amide bonds. The first kappa shape index (κ1) is 13.4. The van der Waals surface area contributed by atoms with E-state index in [4.69, 9.17) is 5.41 Å². The van der Waals surface area contributed by atoms with Crippen LogP contribution in [0.2, 0.25) is 0 Å². The fourth-order valence-electron chi connectivity index (χ4n) is 1.91. The molecule has 1 N–H and O–H groups in total. The van der Waals surface area contributed by atoms with E-state index in [1.807, 2.05) is 11.9 Å². The van der Waals surface area contributed by atoms with E-state index >= 15 is 0 Å². The second-order valence-electron chi connectivity index (χ2n) is 4.36. The van der Waals surface area contributed by atoms with E-state index in [9.17, 15) is 8.78 Å². The maximum atomic E-state index is 13.4. The Bertz CT molecular complexity index is 471. The van der Waals surface area contributed by atoms with Gasteiger partial charge in [-0.25, -0.2) is 8.78 Å². The molecule has 0 unspecified atom stereocenters. The van der Waals surface area contributed by atoms with Gasteiger partial charge < -0.3 is 9.80 Å². The Labute approximate surface area is 113 Å². The Morgan fingerprint density at radius 2 is 1.83 bits per heavy atom. The Morgan fingerprint density at radius 1 is 1.22 bits per heavy atom. The van der Waals surface area contributed by atoms with E-state index in [0.29, 0.717) is 5.56 Å². The summed E-state index contributed by atoms with van der Waals surface area (Å²) in [5.74, 6) is -1.61. The second kappa shape index (κ2) is 5.32. The Kier molecular flexibility index (Phi) is 3.97. The first-order valence-corrected chi connectivity index (χ1v) is 6.46. The second-order valence-corrected chi connectivity index (χ2v) is 5.15. The van der Waals surface area contributed by atoms with E-state index in [0.717, 1.165) is 32.2 Å². The highest BCUT2D eigenvalue weighted by atomic mass is 79.9. The van der Waals surface area contributed by atoms with Crippen molar-refractivity contribution < 1.29 is 8.78 Å². The van der Waals surface area contributed by atoms with Gasteiger partial charge in [-0.1, -0.05) is 0 Å². The Morgan fingerprint density at radius 3 is 2.44 bits per heavy atom. The molecule has 1 saturated heterocycles. The van der Waals surface area contributed by atoms with Crippen LogP contribution in [0.15, 0.2) is 16.6 Å². The van der Waals surface area contributed by atoms with Gasteiger partial charge in [0.1, 0.15) is 5.84 Å². The number of piperazine rings is 1. The van der Waals surface area contributed by atoms with Crippen LogP contribution in [-0.4, -0.2) is 48.9 Å². The molecule has 6 heteroatoms. The van der Waals surface area contributed by atoms with Crippen molar-refractivity contribution in [2.24, 2.45) is 0 Å². The summed E-state index contributed by atoms with van der Waals surface area (Å²) in [7, 11) is 2.02. The third kappa shape index (κ3) is 2.54. The van der Waals surface area contributed by atoms with E-state index in [2.05, 4.69) is 20.8 Å². The van der Waals surface area contributed by atoms with Crippen LogP contribution in [0.4, 0.5) is 8.78 Å². The Balaban J connectivity index is 2.21. The normalized spacial score (nSPS) is 17.0. The molecule has 1 heterocycles. The van der Waals surface area contributed by atoms with Crippen LogP contribution >= 0.6 is 15.9 Å². The number of hydrogen-bond donors (Lipinski definition) is 1. The molecule has 1 aromatic rings. The van der Waals surface area contributed by atoms with E-state index < -0.39 is 11.6 Å². The SMILES string of the molecule is CN1CCN(C(=N)c2ccc(F)c(F)c2Br)CC1. The van der Waals surface area contributed by atoms with Gasteiger partial charge in [-0.15, -0.1) is 0 Å². The third-order valence-electron chi connectivity index (χ3n) is 3.11. The van der Waals surface area contributed by atoms with E-state index in [1.165, 1.54) is 6.07 Å². The molecule has 0 aromatic heterocycles. The van der Waals surface area contributed by atoms with Crippen LogP contribution in [0.3, 0.4) is 0 Å². The number of nitrogens with zero attached hydrogens (tertiary/aromatic N) is 2. The number of halogens is 3. The molecule has 0 saturated carbocycles. The van der Waals surface area contributed by atoms with Crippen molar-refractivity contribution in [2.75, 3.05) is 33.2 Å². The molecule has 0 bridgehead atoms. The predicted octanol–water partition coefficient (Wildman–Crippen LogP) is 2.30. The molecule has 0 radical (unpaired) electrons. The van der Waals surface area contributed by atoms with Gasteiger partial charge in [0.2, 0.25) is 0 Å². The fraction of sp³-hybridized carbons (Fsp3) is 0.417. The zero-order chi connectivity index (χ0) is 13.3. The zero-order valence-corrected chi connectivity index (χ0v) is 11.6. The lowest BCUT2D eigenvalue weighted by Crippen LogP contribution is -2.47. The summed E-state index contributed by atoms with van der Waals surface area (Å²) in [6, 6.07) is 2.49. The summed E-state index contributed by atoms with van der Waals surface area (Å²) >= 11 is 3.02. The van der Waals surface area contributed by atoms with Crippen molar-refractivity contribution in [3.05, 3.63) is 33.8 Å². The van der Waals surface area contributed by atoms with Gasteiger partial charge in [-0.2, -0.15) is 0 Å². The molecular formula is C12H14BrF2N3. The molecule has 1 fully saturated rings. The molecule has 0 aliphatic carbocycles. The lowest BCUT2D eigenvalue weighted by molar-refractivity contribution is 0.215. The van der Waals surface area contributed by atoms with Crippen molar-refractivity contribution in [1.82, 2.24) is 9.80 Å². The predicted molar refractivity (Wildman–Crippen MR) is 70.0 cm³/mol. The molecule has 18 heavy (non-hydrogen) atoms. The largest absolute Gasteiger partial charge is 0.354 e. The number of nitrogens with one attached hydrogen (secondary N) is 1. The summed E-state index contributed by atoms with van der Waals surface area (Å²) in [6.07, 6.45) is 0. The van der Waals surface area contributed by atoms with Crippen molar-refractivity contribution >= 4 is 21.8 Å². The smallest absolute Gasteiger partial charge is 0.173 e. The van der Waals surface area contributed by atoms with Crippen molar-refractivity contribution in [1.29, 1.82) is 5.41 Å². The van der Waals surface area contributed by atoms with Crippen molar-refractivity contribution in [3.63, 3.8) is 0 Å². The highest BCUT2D eigenvalue weighted by Gasteiger charge is 2.21. The van der Waals surface area contributed by atoms with Crippen LogP contribution < -0.4 is 0 Å². The van der Waals surface area contributed by atoms with Gasteiger partial charge in [-0.3, -0.25) is 5.41 Å². The first-order valence-electron chi connectivity index (χ1n) is 5.66. The quantitative estimate of drug-likeness (QED) is 0.489. The molecule has 98 valence electrons. The summed E-state index contributed by atoms with van der Waals surface area (Å²) in [6.45, 7) is 3.18. The summed E-state index contributed by atoms with van der Waals surface area (Å²) in [4.78, 5) is 4.04. The molecule has 2 rings (SSSR count). The Hall–Kier alpha value is -1.01. The average Bonchev–Trinajstić information content (AvgIpc) is 2.36. The topological polar surface area (TPSA) is 30.3 Å².